The molecule has 67 heavy (non-hydrogen) atoms. The van der Waals surface area contributed by atoms with Gasteiger partial charge in [-0.15, -0.1) is 0 Å². The van der Waals surface area contributed by atoms with Gasteiger partial charge in [-0.05, 0) is 83.5 Å². The Morgan fingerprint density at radius 1 is 0.448 bits per heavy atom. The largest absolute Gasteiger partial charge is 0.545 e. The highest BCUT2D eigenvalue weighted by molar-refractivity contribution is 5.70. The van der Waals surface area contributed by atoms with Crippen LogP contribution >= 0.6 is 0 Å². The molecule has 0 saturated heterocycles. The van der Waals surface area contributed by atoms with Gasteiger partial charge in [0, 0.05) is 12.8 Å². The zero-order valence-corrected chi connectivity index (χ0v) is 44.0. The van der Waals surface area contributed by atoms with E-state index in [4.69, 9.17) is 18.9 Å². The Balaban J connectivity index is 4.31. The van der Waals surface area contributed by atoms with Gasteiger partial charge in [0.1, 0.15) is 13.2 Å². The van der Waals surface area contributed by atoms with Crippen LogP contribution in [0.3, 0.4) is 0 Å². The van der Waals surface area contributed by atoms with E-state index in [2.05, 4.69) is 74.6 Å². The van der Waals surface area contributed by atoms with Crippen molar-refractivity contribution in [3.8, 4) is 0 Å². The molecule has 9 nitrogen and oxygen atoms in total. The lowest BCUT2D eigenvalue weighted by Gasteiger charge is -2.26. The second-order valence-corrected chi connectivity index (χ2v) is 19.5. The number of nitrogens with zero attached hydrogens (tertiary/aromatic N) is 1. The summed E-state index contributed by atoms with van der Waals surface area (Å²) in [5.41, 5.74) is 0. The molecular weight excluding hydrogens is 839 g/mol. The third-order valence-electron chi connectivity index (χ3n) is 11.7. The molecule has 0 aliphatic rings. The van der Waals surface area contributed by atoms with Crippen LogP contribution in [0.15, 0.2) is 60.8 Å². The number of quaternary nitrogens is 1. The van der Waals surface area contributed by atoms with Crippen LogP contribution < -0.4 is 5.11 Å². The zero-order chi connectivity index (χ0) is 49.2. The van der Waals surface area contributed by atoms with Crippen molar-refractivity contribution in [1.29, 1.82) is 0 Å². The van der Waals surface area contributed by atoms with Crippen LogP contribution in [0.2, 0.25) is 0 Å². The third-order valence-corrected chi connectivity index (χ3v) is 11.7. The van der Waals surface area contributed by atoms with Crippen molar-refractivity contribution < 1.29 is 42.9 Å². The summed E-state index contributed by atoms with van der Waals surface area (Å²) in [6.07, 6.45) is 58.2. The van der Waals surface area contributed by atoms with E-state index in [-0.39, 0.29) is 38.6 Å². The number of allylic oxidation sites excluding steroid dienone is 10. The quantitative estimate of drug-likeness (QED) is 0.0195. The Bertz CT molecular complexity index is 1280. The number of carboxylic acid groups (broad SMARTS) is 1. The maximum atomic E-state index is 12.8. The second-order valence-electron chi connectivity index (χ2n) is 19.5. The number of hydrogen-bond acceptors (Lipinski definition) is 8. The van der Waals surface area contributed by atoms with Crippen LogP contribution in [0, 0.1) is 0 Å². The molecule has 0 aromatic rings. The summed E-state index contributed by atoms with van der Waals surface area (Å²) < 4.78 is 22.7. The van der Waals surface area contributed by atoms with E-state index < -0.39 is 24.3 Å². The number of unbranched alkanes of at least 4 members (excludes halogenated alkanes) is 25. The predicted octanol–water partition coefficient (Wildman–Crippen LogP) is 14.3. The van der Waals surface area contributed by atoms with Crippen LogP contribution in [-0.2, 0) is 33.3 Å². The van der Waals surface area contributed by atoms with E-state index in [0.717, 1.165) is 77.0 Å². The van der Waals surface area contributed by atoms with E-state index in [0.29, 0.717) is 17.4 Å². The molecule has 0 aliphatic carbocycles. The maximum absolute atomic E-state index is 12.8. The van der Waals surface area contributed by atoms with Crippen molar-refractivity contribution in [2.45, 2.75) is 245 Å². The van der Waals surface area contributed by atoms with Gasteiger partial charge in [-0.25, -0.2) is 0 Å². The summed E-state index contributed by atoms with van der Waals surface area (Å²) >= 11 is 0. The first kappa shape index (κ1) is 64.0. The minimum atomic E-state index is -1.63. The normalized spacial score (nSPS) is 13.3. The lowest BCUT2D eigenvalue weighted by molar-refractivity contribution is -0.870. The molecule has 0 aromatic heterocycles. The van der Waals surface area contributed by atoms with Crippen molar-refractivity contribution in [2.75, 3.05) is 47.5 Å². The van der Waals surface area contributed by atoms with E-state index in [1.54, 1.807) is 0 Å². The van der Waals surface area contributed by atoms with Crippen LogP contribution in [0.5, 0.6) is 0 Å². The van der Waals surface area contributed by atoms with E-state index >= 15 is 0 Å². The third kappa shape index (κ3) is 50.7. The molecule has 2 unspecified atom stereocenters. The number of carbonyl (C=O) groups is 3. The molecule has 0 amide bonds. The molecule has 0 spiro atoms. The fraction of sp³-hybridized carbons (Fsp3) is 0.776. The average molecular weight is 942 g/mol. The first-order valence-corrected chi connectivity index (χ1v) is 27.4. The van der Waals surface area contributed by atoms with Gasteiger partial charge in [0.05, 0.1) is 40.3 Å². The lowest BCUT2D eigenvalue weighted by Crippen LogP contribution is -2.44. The Hall–Kier alpha value is -3.01. The molecular formula is C58H103NO8. The Labute approximate surface area is 412 Å². The minimum Gasteiger partial charge on any atom is -0.545 e. The van der Waals surface area contributed by atoms with Crippen molar-refractivity contribution in [1.82, 2.24) is 0 Å². The number of aliphatic carboxylic acids is 1. The van der Waals surface area contributed by atoms with E-state index in [9.17, 15) is 19.5 Å². The summed E-state index contributed by atoms with van der Waals surface area (Å²) in [6, 6.07) is 0. The smallest absolute Gasteiger partial charge is 0.306 e. The minimum absolute atomic E-state index is 0.143. The van der Waals surface area contributed by atoms with Crippen LogP contribution in [-0.4, -0.2) is 82.3 Å². The van der Waals surface area contributed by atoms with Crippen LogP contribution in [0.25, 0.3) is 0 Å². The predicted molar refractivity (Wildman–Crippen MR) is 278 cm³/mol. The van der Waals surface area contributed by atoms with Gasteiger partial charge in [0.15, 0.2) is 12.4 Å². The summed E-state index contributed by atoms with van der Waals surface area (Å²) in [5.74, 6) is -2.30. The van der Waals surface area contributed by atoms with Crippen molar-refractivity contribution >= 4 is 17.9 Å². The molecule has 0 N–H and O–H groups in total. The molecule has 2 atom stereocenters. The molecule has 0 aromatic carbocycles. The van der Waals surface area contributed by atoms with Gasteiger partial charge in [-0.2, -0.15) is 0 Å². The number of rotatable bonds is 50. The zero-order valence-electron chi connectivity index (χ0n) is 44.0. The molecule has 0 rings (SSSR count). The highest BCUT2D eigenvalue weighted by Crippen LogP contribution is 2.15. The summed E-state index contributed by atoms with van der Waals surface area (Å²) in [6.45, 7) is 4.70. The van der Waals surface area contributed by atoms with Gasteiger partial charge >= 0.3 is 11.9 Å². The lowest BCUT2D eigenvalue weighted by atomic mass is 10.0. The fourth-order valence-corrected chi connectivity index (χ4v) is 7.46. The monoisotopic (exact) mass is 942 g/mol. The Kier molecular flexibility index (Phi) is 47.2. The van der Waals surface area contributed by atoms with Crippen LogP contribution in [0.1, 0.15) is 232 Å². The number of esters is 2. The number of hydrogen-bond donors (Lipinski definition) is 0. The van der Waals surface area contributed by atoms with Crippen molar-refractivity contribution in [3.05, 3.63) is 60.8 Å². The SMILES string of the molecule is CCCCC/C=C\C/C=C\C/C=C\CCCCCCCCC(=O)OC(COC(=O)CCCCCCCCCCCCC/C=C\C/C=C\CCCCCCC)COC(OCC[N+](C)(C)C)C(=O)[O-]. The van der Waals surface area contributed by atoms with Gasteiger partial charge in [0.25, 0.3) is 0 Å². The summed E-state index contributed by atoms with van der Waals surface area (Å²) in [7, 11) is 5.91. The molecule has 0 heterocycles. The number of ether oxygens (including phenoxy) is 4. The van der Waals surface area contributed by atoms with Crippen molar-refractivity contribution in [2.24, 2.45) is 0 Å². The molecule has 0 bridgehead atoms. The van der Waals surface area contributed by atoms with E-state index in [1.165, 1.54) is 122 Å². The molecule has 0 radical (unpaired) electrons. The summed E-state index contributed by atoms with van der Waals surface area (Å²) in [5, 5.41) is 11.8. The maximum Gasteiger partial charge on any atom is 0.306 e. The van der Waals surface area contributed by atoms with Gasteiger partial charge in [-0.3, -0.25) is 9.59 Å². The highest BCUT2D eigenvalue weighted by Gasteiger charge is 2.22. The fourth-order valence-electron chi connectivity index (χ4n) is 7.46. The Morgan fingerprint density at radius 3 is 1.22 bits per heavy atom. The molecule has 0 fully saturated rings. The number of carbonyl (C=O) groups excluding carboxylic acids is 3. The Morgan fingerprint density at radius 2 is 0.806 bits per heavy atom. The standard InChI is InChI=1S/C58H103NO8/c1-6-8-10-12-14-16-18-20-22-24-26-27-28-29-31-32-34-36-38-40-42-44-46-48-55(60)65-52-54(53-66-58(57(62)63)64-51-50-59(3,4)5)67-56(61)49-47-45-43-41-39-37-35-33-30-25-23-21-19-17-15-13-11-9-7-2/h15,17-18,20-21,23-24,26,30,33,54,58H,6-14,16,19,22,25,27-29,31-32,34-53H2,1-5H3/b17-15-,20-18-,23-21-,26-24-,33-30-. The van der Waals surface area contributed by atoms with Crippen LogP contribution in [0.4, 0.5) is 0 Å². The molecule has 9 heteroatoms. The number of likely N-dealkylation sites (N-methyl/N-ethyl adjacent to an activating group) is 1. The molecule has 0 aliphatic heterocycles. The average Bonchev–Trinajstić information content (AvgIpc) is 3.29. The highest BCUT2D eigenvalue weighted by atomic mass is 16.7. The van der Waals surface area contributed by atoms with Gasteiger partial charge in [0.2, 0.25) is 0 Å². The molecule has 388 valence electrons. The topological polar surface area (TPSA) is 111 Å². The first-order valence-electron chi connectivity index (χ1n) is 27.4. The van der Waals surface area contributed by atoms with Gasteiger partial charge < -0.3 is 33.3 Å². The van der Waals surface area contributed by atoms with Crippen molar-refractivity contribution in [3.63, 3.8) is 0 Å². The number of carboxylic acids is 1. The summed E-state index contributed by atoms with van der Waals surface area (Å²) in [4.78, 5) is 37.2. The van der Waals surface area contributed by atoms with Gasteiger partial charge in [-0.1, -0.05) is 197 Å². The first-order chi connectivity index (χ1) is 32.6. The van der Waals surface area contributed by atoms with E-state index in [1.807, 2.05) is 21.1 Å². The molecule has 0 saturated carbocycles. The second kappa shape index (κ2) is 49.4.